The monoisotopic (exact) mass is 439 g/mol. The first-order valence-corrected chi connectivity index (χ1v) is 10.5. The predicted molar refractivity (Wildman–Crippen MR) is 122 cm³/mol. The average Bonchev–Trinajstić information content (AvgIpc) is 3.53. The molecule has 0 saturated carbocycles. The number of oxime groups is 1. The van der Waals surface area contributed by atoms with Crippen molar-refractivity contribution in [2.24, 2.45) is 5.16 Å². The third-order valence-corrected chi connectivity index (χ3v) is 5.50. The van der Waals surface area contributed by atoms with Gasteiger partial charge in [0.2, 0.25) is 0 Å². The summed E-state index contributed by atoms with van der Waals surface area (Å²) in [4.78, 5) is 28.8. The fourth-order valence-corrected chi connectivity index (χ4v) is 3.91. The summed E-state index contributed by atoms with van der Waals surface area (Å²) < 4.78 is 5.42. The van der Waals surface area contributed by atoms with Crippen LogP contribution in [0.25, 0.3) is 22.7 Å². The van der Waals surface area contributed by atoms with E-state index in [1.165, 1.54) is 7.11 Å². The first-order chi connectivity index (χ1) is 16.2. The lowest BCUT2D eigenvalue weighted by Gasteiger charge is -2.21. The van der Waals surface area contributed by atoms with Crippen LogP contribution >= 0.6 is 0 Å². The molecule has 5 rings (SSSR count). The second-order valence-electron chi connectivity index (χ2n) is 7.61. The molecule has 1 fully saturated rings. The number of amides is 1. The number of carbonyl (C=O) groups excluding carboxylic acids is 1. The number of benzene rings is 2. The number of pyridine rings is 1. The Morgan fingerprint density at radius 3 is 2.52 bits per heavy atom. The Morgan fingerprint density at radius 2 is 1.79 bits per heavy atom. The lowest BCUT2D eigenvalue weighted by atomic mass is 10.0. The van der Waals surface area contributed by atoms with Crippen LogP contribution in [0, 0.1) is 0 Å². The van der Waals surface area contributed by atoms with Gasteiger partial charge in [0.1, 0.15) is 18.8 Å². The Morgan fingerprint density at radius 1 is 1.03 bits per heavy atom. The van der Waals surface area contributed by atoms with Crippen LogP contribution in [0.5, 0.6) is 0 Å². The second kappa shape index (κ2) is 9.04. The minimum Gasteiger partial charge on any atom is -0.399 e. The first-order valence-electron chi connectivity index (χ1n) is 10.5. The van der Waals surface area contributed by atoms with Crippen molar-refractivity contribution < 1.29 is 14.2 Å². The van der Waals surface area contributed by atoms with E-state index in [1.807, 2.05) is 66.7 Å². The van der Waals surface area contributed by atoms with Crippen LogP contribution in [0.3, 0.4) is 0 Å². The Balaban J connectivity index is 1.42. The minimum atomic E-state index is -0.415. The van der Waals surface area contributed by atoms with E-state index in [0.29, 0.717) is 35.9 Å². The molecule has 2 aromatic carbocycles. The van der Waals surface area contributed by atoms with Crippen molar-refractivity contribution in [1.82, 2.24) is 20.0 Å². The van der Waals surface area contributed by atoms with Crippen molar-refractivity contribution in [2.75, 3.05) is 13.7 Å². The normalized spacial score (nSPS) is 16.8. The SMILES string of the molecule is CO/N=C1\C[C@@H](c2noc(-c3ccccn3)n2)N(C(=O)c2ccc(-c3ccccc3)cc2)C1. The molecule has 0 radical (unpaired) electrons. The zero-order valence-electron chi connectivity index (χ0n) is 18.0. The third-order valence-electron chi connectivity index (χ3n) is 5.50. The van der Waals surface area contributed by atoms with Crippen LogP contribution in [0.2, 0.25) is 0 Å². The number of rotatable bonds is 5. The van der Waals surface area contributed by atoms with E-state index in [-0.39, 0.29) is 5.91 Å². The molecule has 0 bridgehead atoms. The van der Waals surface area contributed by atoms with Gasteiger partial charge in [0, 0.05) is 18.2 Å². The van der Waals surface area contributed by atoms with E-state index in [4.69, 9.17) is 9.36 Å². The van der Waals surface area contributed by atoms with Crippen molar-refractivity contribution in [3.8, 4) is 22.7 Å². The summed E-state index contributed by atoms with van der Waals surface area (Å²) >= 11 is 0. The summed E-state index contributed by atoms with van der Waals surface area (Å²) in [5.74, 6) is 0.582. The summed E-state index contributed by atoms with van der Waals surface area (Å²) in [6, 6.07) is 22.6. The molecule has 0 aliphatic carbocycles. The van der Waals surface area contributed by atoms with E-state index in [0.717, 1.165) is 16.8 Å². The van der Waals surface area contributed by atoms with Gasteiger partial charge in [0.15, 0.2) is 5.82 Å². The predicted octanol–water partition coefficient (Wildman–Crippen LogP) is 4.39. The largest absolute Gasteiger partial charge is 0.399 e. The van der Waals surface area contributed by atoms with E-state index >= 15 is 0 Å². The maximum Gasteiger partial charge on any atom is 0.276 e. The molecule has 0 spiro atoms. The number of carbonyl (C=O) groups is 1. The molecular formula is C25H21N5O3. The van der Waals surface area contributed by atoms with Crippen molar-refractivity contribution in [3.05, 3.63) is 90.4 Å². The molecule has 2 aromatic heterocycles. The van der Waals surface area contributed by atoms with Gasteiger partial charge in [-0.2, -0.15) is 4.98 Å². The minimum absolute atomic E-state index is 0.134. The first kappa shape index (κ1) is 20.6. The van der Waals surface area contributed by atoms with Crippen LogP contribution in [-0.4, -0.2) is 45.3 Å². The Bertz CT molecular complexity index is 1270. The second-order valence-corrected chi connectivity index (χ2v) is 7.61. The maximum absolute atomic E-state index is 13.4. The highest BCUT2D eigenvalue weighted by atomic mass is 16.6. The van der Waals surface area contributed by atoms with Gasteiger partial charge in [-0.3, -0.25) is 9.78 Å². The summed E-state index contributed by atoms with van der Waals surface area (Å²) in [6.07, 6.45) is 2.12. The standard InChI is InChI=1S/C25H21N5O3/c1-32-28-20-15-22(23-27-24(33-29-23)21-9-5-6-14-26-21)30(16-20)25(31)19-12-10-18(11-13-19)17-7-3-2-4-8-17/h2-14,22H,15-16H2,1H3/b28-20+/t22-/m0/s1. The van der Waals surface area contributed by atoms with Crippen molar-refractivity contribution in [3.63, 3.8) is 0 Å². The molecule has 3 heterocycles. The zero-order chi connectivity index (χ0) is 22.6. The highest BCUT2D eigenvalue weighted by Crippen LogP contribution is 2.32. The van der Waals surface area contributed by atoms with Gasteiger partial charge in [-0.15, -0.1) is 0 Å². The van der Waals surface area contributed by atoms with E-state index in [9.17, 15) is 4.79 Å². The van der Waals surface area contributed by atoms with Gasteiger partial charge >= 0.3 is 0 Å². The number of aromatic nitrogens is 3. The molecule has 4 aromatic rings. The van der Waals surface area contributed by atoms with Gasteiger partial charge in [0.05, 0.1) is 12.3 Å². The fraction of sp³-hybridized carbons (Fsp3) is 0.160. The van der Waals surface area contributed by atoms with E-state index < -0.39 is 6.04 Å². The maximum atomic E-state index is 13.4. The third kappa shape index (κ3) is 4.23. The molecule has 8 nitrogen and oxygen atoms in total. The van der Waals surface area contributed by atoms with Crippen molar-refractivity contribution in [1.29, 1.82) is 0 Å². The number of nitrogens with zero attached hydrogens (tertiary/aromatic N) is 5. The Hall–Kier alpha value is -4.33. The summed E-state index contributed by atoms with van der Waals surface area (Å²) in [6.45, 7) is 0.325. The molecular weight excluding hydrogens is 418 g/mol. The number of hydrogen-bond acceptors (Lipinski definition) is 7. The highest BCUT2D eigenvalue weighted by molar-refractivity contribution is 6.00. The molecule has 8 heteroatoms. The molecule has 1 aliphatic rings. The number of hydrogen-bond donors (Lipinski definition) is 0. The van der Waals surface area contributed by atoms with E-state index in [1.54, 1.807) is 17.2 Å². The molecule has 33 heavy (non-hydrogen) atoms. The Labute approximate surface area is 190 Å². The van der Waals surface area contributed by atoms with Crippen LogP contribution in [0.1, 0.15) is 28.6 Å². The van der Waals surface area contributed by atoms with Crippen molar-refractivity contribution in [2.45, 2.75) is 12.5 Å². The van der Waals surface area contributed by atoms with E-state index in [2.05, 4.69) is 20.3 Å². The topological polar surface area (TPSA) is 93.7 Å². The lowest BCUT2D eigenvalue weighted by Crippen LogP contribution is -2.31. The van der Waals surface area contributed by atoms with Gasteiger partial charge < -0.3 is 14.3 Å². The van der Waals surface area contributed by atoms with Gasteiger partial charge in [-0.1, -0.05) is 58.8 Å². The fourth-order valence-electron chi connectivity index (χ4n) is 3.91. The lowest BCUT2D eigenvalue weighted by molar-refractivity contribution is 0.0732. The molecule has 1 saturated heterocycles. The zero-order valence-corrected chi connectivity index (χ0v) is 18.0. The van der Waals surface area contributed by atoms with Crippen LogP contribution in [0.4, 0.5) is 0 Å². The molecule has 0 N–H and O–H groups in total. The molecule has 1 amide bonds. The van der Waals surface area contributed by atoms with Gasteiger partial charge in [0.25, 0.3) is 11.8 Å². The quantitative estimate of drug-likeness (QED) is 0.428. The molecule has 1 aliphatic heterocycles. The van der Waals surface area contributed by atoms with Crippen LogP contribution < -0.4 is 0 Å². The summed E-state index contributed by atoms with van der Waals surface area (Å²) in [5.41, 5.74) is 4.03. The molecule has 1 atom stereocenters. The Kier molecular flexibility index (Phi) is 5.63. The number of likely N-dealkylation sites (tertiary alicyclic amines) is 1. The van der Waals surface area contributed by atoms with Crippen LogP contribution in [0.15, 0.2) is 88.7 Å². The average molecular weight is 439 g/mol. The smallest absolute Gasteiger partial charge is 0.276 e. The summed E-state index contributed by atoms with van der Waals surface area (Å²) in [5, 5.41) is 8.20. The van der Waals surface area contributed by atoms with Gasteiger partial charge in [-0.05, 0) is 35.4 Å². The summed E-state index contributed by atoms with van der Waals surface area (Å²) in [7, 11) is 1.49. The van der Waals surface area contributed by atoms with Crippen LogP contribution in [-0.2, 0) is 4.84 Å². The molecule has 0 unspecified atom stereocenters. The van der Waals surface area contributed by atoms with Crippen molar-refractivity contribution >= 4 is 11.6 Å². The highest BCUT2D eigenvalue weighted by Gasteiger charge is 2.38. The van der Waals surface area contributed by atoms with Gasteiger partial charge in [-0.25, -0.2) is 0 Å². The molecule has 164 valence electrons.